The van der Waals surface area contributed by atoms with E-state index < -0.39 is 0 Å². The highest BCUT2D eigenvalue weighted by molar-refractivity contribution is 7.13. The van der Waals surface area contributed by atoms with Gasteiger partial charge in [0.05, 0.1) is 11.8 Å². The molecular weight excluding hydrogens is 274 g/mol. The number of anilines is 1. The predicted molar refractivity (Wildman–Crippen MR) is 81.1 cm³/mol. The Morgan fingerprint density at radius 3 is 3.15 bits per heavy atom. The van der Waals surface area contributed by atoms with Gasteiger partial charge in [-0.05, 0) is 31.6 Å². The zero-order valence-corrected chi connectivity index (χ0v) is 12.7. The molecule has 0 spiro atoms. The first-order valence-corrected chi connectivity index (χ1v) is 8.22. The number of hydrogen-bond acceptors (Lipinski definition) is 4. The zero-order chi connectivity index (χ0) is 14.4. The Labute approximate surface area is 123 Å². The van der Waals surface area contributed by atoms with E-state index in [1.54, 1.807) is 0 Å². The Kier molecular flexibility index (Phi) is 5.79. The molecule has 0 bridgehead atoms. The molecule has 1 aliphatic carbocycles. The molecule has 1 aliphatic rings. The largest absolute Gasteiger partial charge is 0.393 e. The summed E-state index contributed by atoms with van der Waals surface area (Å²) in [7, 11) is 0. The van der Waals surface area contributed by atoms with Crippen molar-refractivity contribution >= 4 is 22.5 Å². The van der Waals surface area contributed by atoms with E-state index >= 15 is 0 Å². The summed E-state index contributed by atoms with van der Waals surface area (Å²) in [5, 5.41) is 17.9. The molecule has 0 aliphatic heterocycles. The monoisotopic (exact) mass is 297 g/mol. The molecule has 0 aromatic carbocycles. The van der Waals surface area contributed by atoms with Gasteiger partial charge >= 0.3 is 6.03 Å². The van der Waals surface area contributed by atoms with Crippen LogP contribution in [0, 0.1) is 5.92 Å². The predicted octanol–water partition coefficient (Wildman–Crippen LogP) is 2.77. The zero-order valence-electron chi connectivity index (χ0n) is 11.9. The fourth-order valence-electron chi connectivity index (χ4n) is 2.56. The molecule has 3 N–H and O–H groups in total. The summed E-state index contributed by atoms with van der Waals surface area (Å²) in [5.41, 5.74) is 1.03. The normalized spacial score (nSPS) is 22.5. The number of carbonyl (C=O) groups excluding carboxylic acids is 1. The number of carbonyl (C=O) groups is 1. The number of nitrogens with one attached hydrogen (secondary N) is 2. The highest BCUT2D eigenvalue weighted by Crippen LogP contribution is 2.23. The highest BCUT2D eigenvalue weighted by atomic mass is 32.1. The smallest absolute Gasteiger partial charge is 0.321 e. The van der Waals surface area contributed by atoms with Crippen molar-refractivity contribution in [2.24, 2.45) is 5.92 Å². The second-order valence-corrected chi connectivity index (χ2v) is 6.27. The van der Waals surface area contributed by atoms with E-state index in [9.17, 15) is 9.90 Å². The Balaban J connectivity index is 1.71. The van der Waals surface area contributed by atoms with Gasteiger partial charge in [0, 0.05) is 11.9 Å². The summed E-state index contributed by atoms with van der Waals surface area (Å²) in [6.45, 7) is 2.73. The lowest BCUT2D eigenvalue weighted by Crippen LogP contribution is -2.35. The van der Waals surface area contributed by atoms with Crippen molar-refractivity contribution < 1.29 is 9.90 Å². The van der Waals surface area contributed by atoms with E-state index in [2.05, 4.69) is 22.5 Å². The van der Waals surface area contributed by atoms with E-state index in [1.165, 1.54) is 11.3 Å². The first-order valence-electron chi connectivity index (χ1n) is 7.34. The van der Waals surface area contributed by atoms with Crippen molar-refractivity contribution in [1.29, 1.82) is 0 Å². The van der Waals surface area contributed by atoms with Crippen LogP contribution in [0.15, 0.2) is 5.38 Å². The van der Waals surface area contributed by atoms with Crippen LogP contribution in [0.4, 0.5) is 9.93 Å². The summed E-state index contributed by atoms with van der Waals surface area (Å²) >= 11 is 1.46. The molecular formula is C14H23N3O2S. The van der Waals surface area contributed by atoms with E-state index in [4.69, 9.17) is 0 Å². The van der Waals surface area contributed by atoms with Gasteiger partial charge in [0.1, 0.15) is 0 Å². The van der Waals surface area contributed by atoms with Crippen LogP contribution in [0.5, 0.6) is 0 Å². The minimum absolute atomic E-state index is 0.200. The Bertz CT molecular complexity index is 436. The lowest BCUT2D eigenvalue weighted by Gasteiger charge is -2.25. The third-order valence-electron chi connectivity index (χ3n) is 3.58. The average Bonchev–Trinajstić information content (AvgIpc) is 2.84. The number of rotatable bonds is 5. The first-order chi connectivity index (χ1) is 9.67. The van der Waals surface area contributed by atoms with Crippen LogP contribution in [0.3, 0.4) is 0 Å². The van der Waals surface area contributed by atoms with Crippen molar-refractivity contribution in [1.82, 2.24) is 10.3 Å². The Morgan fingerprint density at radius 2 is 2.40 bits per heavy atom. The van der Waals surface area contributed by atoms with E-state index in [-0.39, 0.29) is 12.1 Å². The molecule has 1 saturated carbocycles. The van der Waals surface area contributed by atoms with Crippen LogP contribution in [0.25, 0.3) is 0 Å². The molecule has 20 heavy (non-hydrogen) atoms. The molecule has 2 amide bonds. The maximum Gasteiger partial charge on any atom is 0.321 e. The maximum absolute atomic E-state index is 11.8. The fraction of sp³-hybridized carbons (Fsp3) is 0.714. The molecule has 0 radical (unpaired) electrons. The Hall–Kier alpha value is -1.14. The van der Waals surface area contributed by atoms with Crippen molar-refractivity contribution in [2.45, 2.75) is 51.6 Å². The second-order valence-electron chi connectivity index (χ2n) is 5.42. The van der Waals surface area contributed by atoms with Crippen LogP contribution in [0.1, 0.15) is 44.7 Å². The van der Waals surface area contributed by atoms with Gasteiger partial charge in [0.15, 0.2) is 5.13 Å². The molecule has 6 heteroatoms. The lowest BCUT2D eigenvalue weighted by atomic mass is 9.87. The number of thiazole rings is 1. The SMILES string of the molecule is CCCc1csc(NC(=O)NCC2CCCC(O)C2)n1. The molecule has 2 rings (SSSR count). The van der Waals surface area contributed by atoms with Crippen LogP contribution < -0.4 is 10.6 Å². The third kappa shape index (κ3) is 4.76. The second kappa shape index (κ2) is 7.59. The topological polar surface area (TPSA) is 74.2 Å². The summed E-state index contributed by atoms with van der Waals surface area (Å²) in [4.78, 5) is 16.1. The number of aliphatic hydroxyl groups excluding tert-OH is 1. The number of nitrogens with zero attached hydrogens (tertiary/aromatic N) is 1. The van der Waals surface area contributed by atoms with Gasteiger partial charge in [-0.15, -0.1) is 11.3 Å². The van der Waals surface area contributed by atoms with Gasteiger partial charge in [-0.2, -0.15) is 0 Å². The summed E-state index contributed by atoms with van der Waals surface area (Å²) in [6, 6.07) is -0.206. The average molecular weight is 297 g/mol. The lowest BCUT2D eigenvalue weighted by molar-refractivity contribution is 0.101. The van der Waals surface area contributed by atoms with Gasteiger partial charge in [0.2, 0.25) is 0 Å². The van der Waals surface area contributed by atoms with Crippen molar-refractivity contribution in [3.05, 3.63) is 11.1 Å². The highest BCUT2D eigenvalue weighted by Gasteiger charge is 2.20. The number of amides is 2. The number of aliphatic hydroxyl groups is 1. The number of aromatic nitrogens is 1. The van der Waals surface area contributed by atoms with Gasteiger partial charge < -0.3 is 10.4 Å². The van der Waals surface area contributed by atoms with Gasteiger partial charge in [0.25, 0.3) is 0 Å². The third-order valence-corrected chi connectivity index (χ3v) is 4.39. The molecule has 1 aromatic rings. The molecule has 1 heterocycles. The van der Waals surface area contributed by atoms with Crippen LogP contribution in [-0.2, 0) is 6.42 Å². The molecule has 1 fully saturated rings. The van der Waals surface area contributed by atoms with Crippen LogP contribution in [0.2, 0.25) is 0 Å². The maximum atomic E-state index is 11.8. The van der Waals surface area contributed by atoms with Crippen molar-refractivity contribution in [3.63, 3.8) is 0 Å². The van der Waals surface area contributed by atoms with Gasteiger partial charge in [-0.3, -0.25) is 5.32 Å². The van der Waals surface area contributed by atoms with E-state index in [1.807, 2.05) is 5.38 Å². The van der Waals surface area contributed by atoms with Crippen LogP contribution >= 0.6 is 11.3 Å². The molecule has 112 valence electrons. The van der Waals surface area contributed by atoms with Gasteiger partial charge in [-0.25, -0.2) is 9.78 Å². The quantitative estimate of drug-likeness (QED) is 0.782. The summed E-state index contributed by atoms with van der Waals surface area (Å²) < 4.78 is 0. The number of urea groups is 1. The standard InChI is InChI=1S/C14H23N3O2S/c1-2-4-11-9-20-14(16-11)17-13(19)15-8-10-5-3-6-12(18)7-10/h9-10,12,18H,2-8H2,1H3,(H2,15,16,17,19). The minimum atomic E-state index is -0.206. The van der Waals surface area contributed by atoms with E-state index in [0.717, 1.165) is 44.2 Å². The molecule has 1 aromatic heterocycles. The van der Waals surface area contributed by atoms with Crippen LogP contribution in [-0.4, -0.2) is 28.8 Å². The number of aryl methyl sites for hydroxylation is 1. The Morgan fingerprint density at radius 1 is 1.55 bits per heavy atom. The van der Waals surface area contributed by atoms with E-state index in [0.29, 0.717) is 17.6 Å². The minimum Gasteiger partial charge on any atom is -0.393 e. The molecule has 5 nitrogen and oxygen atoms in total. The van der Waals surface area contributed by atoms with Crippen molar-refractivity contribution in [3.8, 4) is 0 Å². The number of hydrogen-bond donors (Lipinski definition) is 3. The molecule has 2 unspecified atom stereocenters. The van der Waals surface area contributed by atoms with Gasteiger partial charge in [-0.1, -0.05) is 19.8 Å². The first kappa shape index (κ1) is 15.3. The van der Waals surface area contributed by atoms with Crippen molar-refractivity contribution in [2.75, 3.05) is 11.9 Å². The summed E-state index contributed by atoms with van der Waals surface area (Å²) in [6.07, 6.45) is 5.60. The fourth-order valence-corrected chi connectivity index (χ4v) is 3.30. The molecule has 2 atom stereocenters. The summed E-state index contributed by atoms with van der Waals surface area (Å²) in [5.74, 6) is 0.386. The molecule has 0 saturated heterocycles.